The number of benzene rings is 1. The molecule has 1 heterocycles. The molecule has 0 bridgehead atoms. The second kappa shape index (κ2) is 5.75. The number of likely N-dealkylation sites (tertiary alicyclic amines) is 1. The molecule has 21 heavy (non-hydrogen) atoms. The van der Waals surface area contributed by atoms with Gasteiger partial charge in [-0.15, -0.1) is 0 Å². The summed E-state index contributed by atoms with van der Waals surface area (Å²) < 4.78 is 13.6. The fraction of sp³-hybridized carbons (Fsp3) is 0.467. The number of anilines is 1. The Hall–Kier alpha value is -1.43. The zero-order chi connectivity index (χ0) is 15.0. The van der Waals surface area contributed by atoms with Gasteiger partial charge in [-0.1, -0.05) is 12.8 Å². The lowest BCUT2D eigenvalue weighted by Gasteiger charge is -2.22. The van der Waals surface area contributed by atoms with Gasteiger partial charge in [-0.2, -0.15) is 0 Å². The number of imide groups is 1. The first kappa shape index (κ1) is 14.5. The van der Waals surface area contributed by atoms with E-state index in [1.165, 1.54) is 17.0 Å². The molecular formula is C15H16BrFN2O2. The van der Waals surface area contributed by atoms with E-state index >= 15 is 0 Å². The highest BCUT2D eigenvalue weighted by atomic mass is 79.9. The Bertz CT molecular complexity index is 587. The Balaban J connectivity index is 1.75. The van der Waals surface area contributed by atoms with E-state index < -0.39 is 6.04 Å². The first-order valence-corrected chi connectivity index (χ1v) is 7.93. The molecule has 1 aromatic rings. The number of carbonyl (C=O) groups excluding carboxylic acids is 2. The second-order valence-corrected chi connectivity index (χ2v) is 6.42. The third-order valence-electron chi connectivity index (χ3n) is 4.13. The van der Waals surface area contributed by atoms with Crippen molar-refractivity contribution in [2.75, 3.05) is 5.32 Å². The quantitative estimate of drug-likeness (QED) is 0.848. The molecule has 2 aliphatic rings. The average Bonchev–Trinajstić information content (AvgIpc) is 3.02. The van der Waals surface area contributed by atoms with Crippen LogP contribution in [0.4, 0.5) is 10.1 Å². The van der Waals surface area contributed by atoms with Crippen molar-refractivity contribution < 1.29 is 14.0 Å². The molecule has 3 rings (SSSR count). The predicted octanol–water partition coefficient (Wildman–Crippen LogP) is 3.07. The third kappa shape index (κ3) is 2.81. The lowest BCUT2D eigenvalue weighted by Crippen LogP contribution is -2.41. The summed E-state index contributed by atoms with van der Waals surface area (Å²) in [7, 11) is 0. The van der Waals surface area contributed by atoms with Gasteiger partial charge < -0.3 is 5.32 Å². The monoisotopic (exact) mass is 354 g/mol. The van der Waals surface area contributed by atoms with E-state index in [0.29, 0.717) is 10.2 Å². The van der Waals surface area contributed by atoms with Gasteiger partial charge in [0.25, 0.3) is 5.91 Å². The summed E-state index contributed by atoms with van der Waals surface area (Å²) in [5.74, 6) is -0.625. The van der Waals surface area contributed by atoms with Gasteiger partial charge >= 0.3 is 0 Å². The molecule has 6 heteroatoms. The van der Waals surface area contributed by atoms with Crippen LogP contribution in [0.25, 0.3) is 0 Å². The number of rotatable bonds is 3. The van der Waals surface area contributed by atoms with E-state index in [-0.39, 0.29) is 30.1 Å². The standard InChI is InChI=1S/C15H16BrFN2O2/c16-11-7-9(17)5-6-12(11)18-13-8-14(20)19(15(13)21)10-3-1-2-4-10/h5-7,10,13,18H,1-4,8H2. The molecule has 1 saturated heterocycles. The van der Waals surface area contributed by atoms with Gasteiger partial charge in [0.05, 0.1) is 6.42 Å². The number of hydrogen-bond acceptors (Lipinski definition) is 3. The van der Waals surface area contributed by atoms with Crippen LogP contribution in [-0.2, 0) is 9.59 Å². The van der Waals surface area contributed by atoms with E-state index in [1.807, 2.05) is 0 Å². The van der Waals surface area contributed by atoms with Crippen LogP contribution in [0.2, 0.25) is 0 Å². The minimum absolute atomic E-state index is 0.0634. The number of nitrogens with one attached hydrogen (secondary N) is 1. The van der Waals surface area contributed by atoms with Crippen LogP contribution in [0.1, 0.15) is 32.1 Å². The predicted molar refractivity (Wildman–Crippen MR) is 80.2 cm³/mol. The molecule has 1 unspecified atom stereocenters. The van der Waals surface area contributed by atoms with Gasteiger partial charge in [0.2, 0.25) is 5.91 Å². The fourth-order valence-electron chi connectivity index (χ4n) is 3.10. The van der Waals surface area contributed by atoms with Gasteiger partial charge in [0.1, 0.15) is 11.9 Å². The molecule has 1 aromatic carbocycles. The normalized spacial score (nSPS) is 23.1. The minimum Gasteiger partial charge on any atom is -0.372 e. The summed E-state index contributed by atoms with van der Waals surface area (Å²) in [4.78, 5) is 26.0. The lowest BCUT2D eigenvalue weighted by atomic mass is 10.2. The largest absolute Gasteiger partial charge is 0.372 e. The van der Waals surface area contributed by atoms with E-state index in [4.69, 9.17) is 0 Å². The van der Waals surface area contributed by atoms with Crippen LogP contribution in [0, 0.1) is 5.82 Å². The highest BCUT2D eigenvalue weighted by molar-refractivity contribution is 9.10. The van der Waals surface area contributed by atoms with Gasteiger partial charge in [-0.05, 0) is 47.0 Å². The first-order chi connectivity index (χ1) is 10.1. The lowest BCUT2D eigenvalue weighted by molar-refractivity contribution is -0.141. The summed E-state index contributed by atoms with van der Waals surface area (Å²) in [6.07, 6.45) is 4.13. The van der Waals surface area contributed by atoms with Gasteiger partial charge in [-0.3, -0.25) is 14.5 Å². The first-order valence-electron chi connectivity index (χ1n) is 7.14. The highest BCUT2D eigenvalue weighted by Crippen LogP contribution is 2.30. The van der Waals surface area contributed by atoms with Crippen molar-refractivity contribution in [1.82, 2.24) is 4.90 Å². The summed E-state index contributed by atoms with van der Waals surface area (Å²) in [5.41, 5.74) is 0.621. The smallest absolute Gasteiger partial charge is 0.252 e. The van der Waals surface area contributed by atoms with Gasteiger partial charge in [0.15, 0.2) is 0 Å². The maximum absolute atomic E-state index is 13.1. The molecule has 0 spiro atoms. The van der Waals surface area contributed by atoms with Crippen LogP contribution >= 0.6 is 15.9 Å². The molecule has 0 radical (unpaired) electrons. The van der Waals surface area contributed by atoms with E-state index in [9.17, 15) is 14.0 Å². The van der Waals surface area contributed by atoms with Crippen LogP contribution in [0.15, 0.2) is 22.7 Å². The summed E-state index contributed by atoms with van der Waals surface area (Å²) in [5, 5.41) is 3.04. The Morgan fingerprint density at radius 2 is 1.95 bits per heavy atom. The zero-order valence-electron chi connectivity index (χ0n) is 11.4. The molecule has 112 valence electrons. The molecule has 1 saturated carbocycles. The van der Waals surface area contributed by atoms with Crippen molar-refractivity contribution in [3.63, 3.8) is 0 Å². The zero-order valence-corrected chi connectivity index (χ0v) is 13.0. The molecule has 1 aliphatic carbocycles. The Kier molecular flexibility index (Phi) is 3.97. The third-order valence-corrected chi connectivity index (χ3v) is 4.79. The molecule has 1 N–H and O–H groups in total. The molecular weight excluding hydrogens is 339 g/mol. The van der Waals surface area contributed by atoms with Crippen molar-refractivity contribution in [1.29, 1.82) is 0 Å². The van der Waals surface area contributed by atoms with Crippen molar-refractivity contribution in [2.45, 2.75) is 44.2 Å². The van der Waals surface area contributed by atoms with Crippen molar-refractivity contribution in [2.24, 2.45) is 0 Å². The molecule has 1 aliphatic heterocycles. The Labute approximate surface area is 130 Å². The van der Waals surface area contributed by atoms with Crippen molar-refractivity contribution >= 4 is 33.4 Å². The van der Waals surface area contributed by atoms with E-state index in [1.54, 1.807) is 6.07 Å². The Morgan fingerprint density at radius 1 is 1.24 bits per heavy atom. The maximum Gasteiger partial charge on any atom is 0.252 e. The number of halogens is 2. The molecule has 2 fully saturated rings. The number of hydrogen-bond donors (Lipinski definition) is 1. The molecule has 2 amide bonds. The average molecular weight is 355 g/mol. The number of carbonyl (C=O) groups is 2. The van der Waals surface area contributed by atoms with Crippen molar-refractivity contribution in [3.05, 3.63) is 28.5 Å². The van der Waals surface area contributed by atoms with Crippen LogP contribution in [0.3, 0.4) is 0 Å². The fourth-order valence-corrected chi connectivity index (χ4v) is 3.57. The van der Waals surface area contributed by atoms with E-state index in [2.05, 4.69) is 21.2 Å². The summed E-state index contributed by atoms with van der Waals surface area (Å²) in [6, 6.07) is 3.73. The van der Waals surface area contributed by atoms with Crippen molar-refractivity contribution in [3.8, 4) is 0 Å². The maximum atomic E-state index is 13.1. The van der Waals surface area contributed by atoms with Crippen LogP contribution in [0.5, 0.6) is 0 Å². The highest BCUT2D eigenvalue weighted by Gasteiger charge is 2.43. The molecule has 4 nitrogen and oxygen atoms in total. The minimum atomic E-state index is -0.556. The SMILES string of the molecule is O=C1CC(Nc2ccc(F)cc2Br)C(=O)N1C1CCCC1. The van der Waals surface area contributed by atoms with Gasteiger partial charge in [-0.25, -0.2) is 4.39 Å². The number of nitrogens with zero attached hydrogens (tertiary/aromatic N) is 1. The topological polar surface area (TPSA) is 49.4 Å². The van der Waals surface area contributed by atoms with E-state index in [0.717, 1.165) is 25.7 Å². The second-order valence-electron chi connectivity index (χ2n) is 5.57. The molecule has 0 aromatic heterocycles. The van der Waals surface area contributed by atoms with Crippen LogP contribution < -0.4 is 5.32 Å². The summed E-state index contributed by atoms with van der Waals surface area (Å²) >= 11 is 3.26. The number of amides is 2. The van der Waals surface area contributed by atoms with Crippen LogP contribution in [-0.4, -0.2) is 28.8 Å². The Morgan fingerprint density at radius 3 is 2.62 bits per heavy atom. The van der Waals surface area contributed by atoms with Gasteiger partial charge in [0, 0.05) is 16.2 Å². The summed E-state index contributed by atoms with van der Waals surface area (Å²) in [6.45, 7) is 0. The molecule has 1 atom stereocenters.